The van der Waals surface area contributed by atoms with Crippen LogP contribution >= 0.6 is 0 Å². The van der Waals surface area contributed by atoms with Gasteiger partial charge in [-0.2, -0.15) is 5.10 Å². The Hall–Kier alpha value is -2.02. The van der Waals surface area contributed by atoms with E-state index in [9.17, 15) is 4.79 Å². The maximum atomic E-state index is 10.8. The first-order chi connectivity index (χ1) is 7.79. The predicted molar refractivity (Wildman–Crippen MR) is 55.8 cm³/mol. The van der Waals surface area contributed by atoms with Crippen molar-refractivity contribution in [3.8, 4) is 11.6 Å². The summed E-state index contributed by atoms with van der Waals surface area (Å²) in [5, 5.41) is 16.8. The first-order valence-corrected chi connectivity index (χ1v) is 4.82. The minimum absolute atomic E-state index is 0.265. The van der Waals surface area contributed by atoms with Gasteiger partial charge in [0.25, 0.3) is 11.4 Å². The standard InChI is InChI=1S/C9H11N5O2/c1-10-5-4-8-13-14-9(16-8)6-2-3-7(15)12-11-6/h2-3,10H,4-5H2,1H3,(H,12,15). The van der Waals surface area contributed by atoms with E-state index < -0.39 is 0 Å². The summed E-state index contributed by atoms with van der Waals surface area (Å²) in [6.45, 7) is 0.765. The van der Waals surface area contributed by atoms with E-state index in [-0.39, 0.29) is 5.56 Å². The highest BCUT2D eigenvalue weighted by atomic mass is 16.4. The van der Waals surface area contributed by atoms with Crippen molar-refractivity contribution in [2.75, 3.05) is 13.6 Å². The van der Waals surface area contributed by atoms with Crippen LogP contribution in [0.1, 0.15) is 5.89 Å². The topological polar surface area (TPSA) is 96.7 Å². The number of rotatable bonds is 4. The lowest BCUT2D eigenvalue weighted by Gasteiger charge is -1.92. The van der Waals surface area contributed by atoms with Crippen LogP contribution in [0.25, 0.3) is 11.6 Å². The molecule has 0 bridgehead atoms. The molecule has 0 aliphatic heterocycles. The Morgan fingerprint density at radius 1 is 1.44 bits per heavy atom. The van der Waals surface area contributed by atoms with Gasteiger partial charge < -0.3 is 9.73 Å². The SMILES string of the molecule is CNCCc1nnc(-c2ccc(=O)[nH]n2)o1. The average Bonchev–Trinajstić information content (AvgIpc) is 2.76. The van der Waals surface area contributed by atoms with Crippen molar-refractivity contribution >= 4 is 0 Å². The second-order valence-corrected chi connectivity index (χ2v) is 3.16. The van der Waals surface area contributed by atoms with Crippen molar-refractivity contribution < 1.29 is 4.42 Å². The third-order valence-corrected chi connectivity index (χ3v) is 1.95. The molecule has 7 heteroatoms. The Morgan fingerprint density at radius 2 is 2.31 bits per heavy atom. The lowest BCUT2D eigenvalue weighted by Crippen LogP contribution is -2.10. The van der Waals surface area contributed by atoms with Gasteiger partial charge in [0.2, 0.25) is 5.89 Å². The molecule has 16 heavy (non-hydrogen) atoms. The zero-order valence-electron chi connectivity index (χ0n) is 8.73. The van der Waals surface area contributed by atoms with E-state index in [1.165, 1.54) is 12.1 Å². The van der Waals surface area contributed by atoms with Gasteiger partial charge in [-0.25, -0.2) is 5.10 Å². The fourth-order valence-electron chi connectivity index (χ4n) is 1.15. The van der Waals surface area contributed by atoms with Crippen molar-refractivity contribution in [3.63, 3.8) is 0 Å². The predicted octanol–water partition coefficient (Wildman–Crippen LogP) is -0.418. The van der Waals surface area contributed by atoms with Crippen LogP contribution in [0.4, 0.5) is 0 Å². The van der Waals surface area contributed by atoms with Crippen molar-refractivity contribution in [1.82, 2.24) is 25.7 Å². The summed E-state index contributed by atoms with van der Waals surface area (Å²) in [6.07, 6.45) is 0.660. The number of nitrogens with zero attached hydrogens (tertiary/aromatic N) is 3. The normalized spacial score (nSPS) is 10.6. The van der Waals surface area contributed by atoms with Crippen molar-refractivity contribution in [2.45, 2.75) is 6.42 Å². The Bertz CT molecular complexity index is 498. The van der Waals surface area contributed by atoms with Crippen molar-refractivity contribution in [1.29, 1.82) is 0 Å². The molecule has 0 saturated heterocycles. The van der Waals surface area contributed by atoms with Crippen LogP contribution in [0.15, 0.2) is 21.3 Å². The van der Waals surface area contributed by atoms with Gasteiger partial charge in [-0.15, -0.1) is 10.2 Å². The van der Waals surface area contributed by atoms with Gasteiger partial charge in [-0.05, 0) is 13.1 Å². The molecule has 0 aliphatic rings. The number of H-pyrrole nitrogens is 1. The minimum Gasteiger partial charge on any atom is -0.419 e. The summed E-state index contributed by atoms with van der Waals surface area (Å²) < 4.78 is 5.36. The van der Waals surface area contributed by atoms with Gasteiger partial charge >= 0.3 is 0 Å². The van der Waals surface area contributed by atoms with E-state index >= 15 is 0 Å². The molecule has 2 aromatic heterocycles. The molecule has 0 atom stereocenters. The lowest BCUT2D eigenvalue weighted by molar-refractivity contribution is 0.498. The smallest absolute Gasteiger partial charge is 0.268 e. The Balaban J connectivity index is 2.18. The van der Waals surface area contributed by atoms with E-state index in [0.717, 1.165) is 6.54 Å². The molecule has 2 rings (SSSR count). The highest BCUT2D eigenvalue weighted by Gasteiger charge is 2.09. The van der Waals surface area contributed by atoms with Crippen LogP contribution in [-0.2, 0) is 6.42 Å². The van der Waals surface area contributed by atoms with Crippen LogP contribution in [0.3, 0.4) is 0 Å². The molecule has 0 radical (unpaired) electrons. The number of likely N-dealkylation sites (N-methyl/N-ethyl adjacent to an activating group) is 1. The first kappa shape index (κ1) is 10.5. The Morgan fingerprint density at radius 3 is 3.00 bits per heavy atom. The summed E-state index contributed by atoms with van der Waals surface area (Å²) in [4.78, 5) is 10.8. The highest BCUT2D eigenvalue weighted by molar-refractivity contribution is 5.43. The monoisotopic (exact) mass is 221 g/mol. The molecular weight excluding hydrogens is 210 g/mol. The van der Waals surface area contributed by atoms with E-state index in [4.69, 9.17) is 4.42 Å². The van der Waals surface area contributed by atoms with Gasteiger partial charge in [0.05, 0.1) is 0 Å². The second-order valence-electron chi connectivity index (χ2n) is 3.16. The molecule has 2 N–H and O–H groups in total. The Labute approximate surface area is 90.9 Å². The largest absolute Gasteiger partial charge is 0.419 e. The van der Waals surface area contributed by atoms with Crippen LogP contribution in [0.2, 0.25) is 0 Å². The van der Waals surface area contributed by atoms with Crippen LogP contribution < -0.4 is 10.9 Å². The molecule has 2 heterocycles. The van der Waals surface area contributed by atoms with E-state index in [1.54, 1.807) is 0 Å². The number of aromatic nitrogens is 4. The fraction of sp³-hybridized carbons (Fsp3) is 0.333. The molecule has 0 amide bonds. The number of hydrogen-bond acceptors (Lipinski definition) is 6. The van der Waals surface area contributed by atoms with Gasteiger partial charge in [0.1, 0.15) is 5.69 Å². The van der Waals surface area contributed by atoms with E-state index in [1.807, 2.05) is 7.05 Å². The molecule has 7 nitrogen and oxygen atoms in total. The molecule has 0 aliphatic carbocycles. The number of aromatic amines is 1. The summed E-state index contributed by atoms with van der Waals surface area (Å²) in [7, 11) is 1.85. The minimum atomic E-state index is -0.265. The van der Waals surface area contributed by atoms with Crippen LogP contribution in [0.5, 0.6) is 0 Å². The molecule has 0 fully saturated rings. The van der Waals surface area contributed by atoms with Gasteiger partial charge in [0, 0.05) is 19.0 Å². The number of nitrogens with one attached hydrogen (secondary N) is 2. The van der Waals surface area contributed by atoms with Crippen molar-refractivity contribution in [2.24, 2.45) is 0 Å². The quantitative estimate of drug-likeness (QED) is 0.728. The van der Waals surface area contributed by atoms with Crippen LogP contribution in [-0.4, -0.2) is 34.0 Å². The average molecular weight is 221 g/mol. The lowest BCUT2D eigenvalue weighted by atomic mass is 10.4. The summed E-state index contributed by atoms with van der Waals surface area (Å²) >= 11 is 0. The molecule has 84 valence electrons. The van der Waals surface area contributed by atoms with Gasteiger partial charge in [-0.1, -0.05) is 0 Å². The molecule has 2 aromatic rings. The highest BCUT2D eigenvalue weighted by Crippen LogP contribution is 2.12. The first-order valence-electron chi connectivity index (χ1n) is 4.82. The molecule has 0 saturated carbocycles. The molecular formula is C9H11N5O2. The Kier molecular flexibility index (Phi) is 3.06. The molecule has 0 spiro atoms. The van der Waals surface area contributed by atoms with E-state index in [0.29, 0.717) is 23.9 Å². The summed E-state index contributed by atoms with van der Waals surface area (Å²) in [5.74, 6) is 0.847. The van der Waals surface area contributed by atoms with Crippen LogP contribution in [0, 0.1) is 0 Å². The maximum absolute atomic E-state index is 10.8. The molecule has 0 aromatic carbocycles. The third-order valence-electron chi connectivity index (χ3n) is 1.95. The zero-order valence-corrected chi connectivity index (χ0v) is 8.73. The van der Waals surface area contributed by atoms with Crippen molar-refractivity contribution in [3.05, 3.63) is 28.4 Å². The maximum Gasteiger partial charge on any atom is 0.268 e. The summed E-state index contributed by atoms with van der Waals surface area (Å²) in [6, 6.07) is 2.90. The van der Waals surface area contributed by atoms with Gasteiger partial charge in [-0.3, -0.25) is 4.79 Å². The molecule has 0 unspecified atom stereocenters. The fourth-order valence-corrected chi connectivity index (χ4v) is 1.15. The zero-order chi connectivity index (χ0) is 11.4. The van der Waals surface area contributed by atoms with E-state index in [2.05, 4.69) is 25.7 Å². The number of hydrogen-bond donors (Lipinski definition) is 2. The third kappa shape index (κ3) is 2.31. The summed E-state index contributed by atoms with van der Waals surface area (Å²) in [5.41, 5.74) is 0.196. The van der Waals surface area contributed by atoms with Gasteiger partial charge in [0.15, 0.2) is 0 Å². The second kappa shape index (κ2) is 4.67.